The van der Waals surface area contributed by atoms with Crippen LogP contribution >= 0.6 is 0 Å². The average Bonchev–Trinajstić information content (AvgIpc) is 3.69. The first-order valence-electron chi connectivity index (χ1n) is 20.9. The number of fused-ring (bicyclic) bond motifs is 3. The number of aryl methyl sites for hydroxylation is 1. The predicted molar refractivity (Wildman–Crippen MR) is 261 cm³/mol. The molecule has 9 rings (SSSR count). The predicted octanol–water partition coefficient (Wildman–Crippen LogP) is 16.0. The molecular formula is C59H51N. The first-order chi connectivity index (χ1) is 29.3. The average molecular weight is 774 g/mol. The molecule has 0 fully saturated rings. The van der Waals surface area contributed by atoms with E-state index in [4.69, 9.17) is 4.99 Å². The van der Waals surface area contributed by atoms with Gasteiger partial charge in [0.2, 0.25) is 0 Å². The van der Waals surface area contributed by atoms with Crippen LogP contribution in [0, 0.1) is 6.92 Å². The molecule has 0 saturated heterocycles. The third kappa shape index (κ3) is 8.39. The van der Waals surface area contributed by atoms with Crippen LogP contribution in [0.2, 0.25) is 0 Å². The summed E-state index contributed by atoms with van der Waals surface area (Å²) in [5.41, 5.74) is 24.6. The van der Waals surface area contributed by atoms with Crippen molar-refractivity contribution in [1.82, 2.24) is 0 Å². The Hall–Kier alpha value is -7.09. The van der Waals surface area contributed by atoms with Crippen molar-refractivity contribution >= 4 is 34.2 Å². The van der Waals surface area contributed by atoms with Crippen LogP contribution in [-0.2, 0) is 6.42 Å². The molecule has 0 amide bonds. The summed E-state index contributed by atoms with van der Waals surface area (Å²) in [5.74, 6) is 0. The summed E-state index contributed by atoms with van der Waals surface area (Å²) in [6, 6.07) is 60.0. The van der Waals surface area contributed by atoms with Crippen LogP contribution in [0.4, 0.5) is 0 Å². The zero-order valence-corrected chi connectivity index (χ0v) is 35.0. The molecule has 0 bridgehead atoms. The van der Waals surface area contributed by atoms with E-state index in [9.17, 15) is 0 Å². The summed E-state index contributed by atoms with van der Waals surface area (Å²) < 4.78 is 0. The van der Waals surface area contributed by atoms with Gasteiger partial charge in [-0.1, -0.05) is 189 Å². The van der Waals surface area contributed by atoms with E-state index in [-0.39, 0.29) is 0 Å². The van der Waals surface area contributed by atoms with Gasteiger partial charge in [-0.05, 0) is 153 Å². The molecule has 60 heavy (non-hydrogen) atoms. The Labute approximate surface area is 356 Å². The van der Waals surface area contributed by atoms with Crippen molar-refractivity contribution in [2.75, 3.05) is 0 Å². The molecule has 1 heteroatoms. The van der Waals surface area contributed by atoms with E-state index in [1.165, 1.54) is 83.5 Å². The van der Waals surface area contributed by atoms with Crippen molar-refractivity contribution in [3.05, 3.63) is 246 Å². The van der Waals surface area contributed by atoms with E-state index >= 15 is 0 Å². The summed E-state index contributed by atoms with van der Waals surface area (Å²) in [5, 5.41) is 0. The molecule has 0 radical (unpaired) electrons. The van der Waals surface area contributed by atoms with Gasteiger partial charge in [0.1, 0.15) is 0 Å². The van der Waals surface area contributed by atoms with Crippen LogP contribution in [0.3, 0.4) is 0 Å². The quantitative estimate of drug-likeness (QED) is 0.130. The number of allylic oxidation sites excluding steroid dienone is 5. The number of hydrogen-bond donors (Lipinski definition) is 0. The maximum Gasteiger partial charge on any atom is 0.0633 e. The Morgan fingerprint density at radius 2 is 1.13 bits per heavy atom. The van der Waals surface area contributed by atoms with Crippen LogP contribution in [0.1, 0.15) is 71.2 Å². The monoisotopic (exact) mass is 773 g/mol. The zero-order chi connectivity index (χ0) is 41.6. The minimum atomic E-state index is 0.779. The summed E-state index contributed by atoms with van der Waals surface area (Å²) >= 11 is 0. The lowest BCUT2D eigenvalue weighted by Gasteiger charge is -2.22. The first-order valence-corrected chi connectivity index (χ1v) is 20.9. The van der Waals surface area contributed by atoms with Gasteiger partial charge >= 0.3 is 0 Å². The zero-order valence-electron chi connectivity index (χ0n) is 35.0. The Morgan fingerprint density at radius 1 is 0.533 bits per heavy atom. The highest BCUT2D eigenvalue weighted by Gasteiger charge is 2.27. The Balaban J connectivity index is 0.000000200. The normalized spacial score (nSPS) is 13.1. The standard InChI is InChI=1S/C38H33N.C21H18/c1-5-31-34(32-22-21-29(23-25(32)2)27(4)39-26(3)28-13-7-6-8-14-28)17-11-18-35(31)37-20-12-19-36-33-16-10-9-15-30(33)24-38(36)37;1-16(2)18-10-6-12-20(14-18)21-13-7-11-19(15-21)17-8-4-3-5-9-17/h5-11,13-19,21-23H,1,3,12,20,24H2,2,4H3;3-15H,1H2,2H3. The van der Waals surface area contributed by atoms with E-state index in [0.29, 0.717) is 0 Å². The fourth-order valence-electron chi connectivity index (χ4n) is 8.61. The van der Waals surface area contributed by atoms with Crippen molar-refractivity contribution in [1.29, 1.82) is 0 Å². The molecule has 0 saturated carbocycles. The van der Waals surface area contributed by atoms with Gasteiger partial charge in [0.15, 0.2) is 0 Å². The minimum absolute atomic E-state index is 0.779. The smallest absolute Gasteiger partial charge is 0.0633 e. The molecule has 0 aliphatic heterocycles. The molecule has 0 aromatic heterocycles. The summed E-state index contributed by atoms with van der Waals surface area (Å²) in [7, 11) is 0. The van der Waals surface area contributed by atoms with Crippen molar-refractivity contribution in [2.24, 2.45) is 4.99 Å². The van der Waals surface area contributed by atoms with Gasteiger partial charge in [0, 0.05) is 5.71 Å². The molecule has 2 aliphatic rings. The molecule has 0 heterocycles. The molecule has 0 atom stereocenters. The molecule has 0 N–H and O–H groups in total. The van der Waals surface area contributed by atoms with Gasteiger partial charge < -0.3 is 0 Å². The molecule has 0 unspecified atom stereocenters. The third-order valence-corrected chi connectivity index (χ3v) is 11.7. The Morgan fingerprint density at radius 3 is 1.87 bits per heavy atom. The SMILES string of the molecule is C=C(C)c1cccc(-c2cccc(-c3ccccc3)c2)c1.C=Cc1c(C2=C3Cc4ccccc4C3=CCC2)cccc1-c1ccc(C(C)=NC(=C)c2ccccc2)cc1C. The van der Waals surface area contributed by atoms with Crippen LogP contribution in [0.25, 0.3) is 61.9 Å². The number of benzene rings is 7. The largest absolute Gasteiger partial charge is 0.253 e. The van der Waals surface area contributed by atoms with E-state index in [1.807, 2.05) is 49.4 Å². The number of hydrogen-bond acceptors (Lipinski definition) is 1. The first kappa shape index (κ1) is 39.7. The van der Waals surface area contributed by atoms with E-state index < -0.39 is 0 Å². The minimum Gasteiger partial charge on any atom is -0.253 e. The van der Waals surface area contributed by atoms with Gasteiger partial charge in [-0.15, -0.1) is 0 Å². The second-order valence-corrected chi connectivity index (χ2v) is 15.8. The number of aliphatic imine (C=N–C) groups is 1. The van der Waals surface area contributed by atoms with Crippen molar-refractivity contribution in [3.63, 3.8) is 0 Å². The maximum atomic E-state index is 4.81. The maximum absolute atomic E-state index is 4.81. The third-order valence-electron chi connectivity index (χ3n) is 11.7. The second kappa shape index (κ2) is 17.8. The molecule has 7 aromatic carbocycles. The van der Waals surface area contributed by atoms with Crippen molar-refractivity contribution in [2.45, 2.75) is 40.0 Å². The van der Waals surface area contributed by atoms with E-state index in [2.05, 4.69) is 173 Å². The highest BCUT2D eigenvalue weighted by atomic mass is 14.7. The number of nitrogens with zero attached hydrogens (tertiary/aromatic N) is 1. The molecule has 292 valence electrons. The lowest BCUT2D eigenvalue weighted by molar-refractivity contribution is 1.04. The van der Waals surface area contributed by atoms with Gasteiger partial charge in [0.05, 0.1) is 5.70 Å². The lowest BCUT2D eigenvalue weighted by atomic mass is 9.82. The topological polar surface area (TPSA) is 12.4 Å². The fraction of sp³-hybridized carbons (Fsp3) is 0.102. The number of rotatable bonds is 9. The summed E-state index contributed by atoms with van der Waals surface area (Å²) in [4.78, 5) is 4.81. The molecule has 2 aliphatic carbocycles. The van der Waals surface area contributed by atoms with Crippen molar-refractivity contribution < 1.29 is 0 Å². The van der Waals surface area contributed by atoms with Crippen LogP contribution in [-0.4, -0.2) is 5.71 Å². The van der Waals surface area contributed by atoms with Crippen LogP contribution < -0.4 is 0 Å². The van der Waals surface area contributed by atoms with E-state index in [1.54, 1.807) is 0 Å². The highest BCUT2D eigenvalue weighted by molar-refractivity contribution is 6.03. The lowest BCUT2D eigenvalue weighted by Crippen LogP contribution is -2.01. The van der Waals surface area contributed by atoms with Gasteiger partial charge in [0.25, 0.3) is 0 Å². The van der Waals surface area contributed by atoms with Crippen LogP contribution in [0.5, 0.6) is 0 Å². The molecule has 0 spiro atoms. The van der Waals surface area contributed by atoms with Gasteiger partial charge in [-0.25, -0.2) is 0 Å². The molecule has 7 aromatic rings. The highest BCUT2D eigenvalue weighted by Crippen LogP contribution is 2.47. The van der Waals surface area contributed by atoms with Crippen LogP contribution in [0.15, 0.2) is 206 Å². The Kier molecular flexibility index (Phi) is 11.8. The summed E-state index contributed by atoms with van der Waals surface area (Å²) in [6.45, 7) is 18.8. The molecule has 1 nitrogen and oxygen atoms in total. The van der Waals surface area contributed by atoms with E-state index in [0.717, 1.165) is 47.4 Å². The molecular weight excluding hydrogens is 723 g/mol. The Bertz CT molecular complexity index is 2840. The van der Waals surface area contributed by atoms with Crippen molar-refractivity contribution in [3.8, 4) is 33.4 Å². The second-order valence-electron chi connectivity index (χ2n) is 15.8. The van der Waals surface area contributed by atoms with Gasteiger partial charge in [-0.3, -0.25) is 4.99 Å². The van der Waals surface area contributed by atoms with Gasteiger partial charge in [-0.2, -0.15) is 0 Å². The fourth-order valence-corrected chi connectivity index (χ4v) is 8.61. The summed E-state index contributed by atoms with van der Waals surface area (Å²) in [6.07, 6.45) is 7.63.